The number of nitrogens with zero attached hydrogens (tertiary/aromatic N) is 4. The van der Waals surface area contributed by atoms with Crippen LogP contribution in [0.1, 0.15) is 57.8 Å². The smallest absolute Gasteiger partial charge is 0.459 e. The van der Waals surface area contributed by atoms with Gasteiger partial charge in [0.05, 0.1) is 6.07 Å². The Balaban J connectivity index is 0.000000421. The normalized spacial score (nSPS) is 14.2. The summed E-state index contributed by atoms with van der Waals surface area (Å²) in [6, 6.07) is 20.7. The monoisotopic (exact) mass is 889 g/mol. The SMILES string of the molecule is C=C(C)C(=O)OC1CCN(C(=O)c2ccccc2-c2c3ccc(=[N+](CC)CC)cc-3oc3cc(N(CC)CC)ccc23)CC1.CN(S(=O)(=O)C(F)(F)F)S(=O)(=O)C(F)(F)F. The first-order chi connectivity index (χ1) is 27.9. The zero-order valence-corrected chi connectivity index (χ0v) is 35.5. The summed E-state index contributed by atoms with van der Waals surface area (Å²) in [5, 5.41) is 2.07. The first-order valence-electron chi connectivity index (χ1n) is 18.9. The fourth-order valence-electron chi connectivity index (χ4n) is 6.64. The Hall–Kier alpha value is -4.95. The highest BCUT2D eigenvalue weighted by molar-refractivity contribution is 8.04. The number of sulfonamides is 2. The van der Waals surface area contributed by atoms with E-state index in [1.165, 1.54) is 0 Å². The van der Waals surface area contributed by atoms with Gasteiger partial charge in [0.1, 0.15) is 30.5 Å². The van der Waals surface area contributed by atoms with Crippen molar-refractivity contribution in [2.45, 2.75) is 64.6 Å². The van der Waals surface area contributed by atoms with Gasteiger partial charge in [-0.1, -0.05) is 28.5 Å². The van der Waals surface area contributed by atoms with E-state index in [9.17, 15) is 52.8 Å². The van der Waals surface area contributed by atoms with Crippen LogP contribution in [0, 0.1) is 0 Å². The number of halogens is 6. The van der Waals surface area contributed by atoms with Gasteiger partial charge in [-0.15, -0.1) is 0 Å². The zero-order valence-electron chi connectivity index (χ0n) is 33.9. The van der Waals surface area contributed by atoms with E-state index < -0.39 is 34.8 Å². The molecule has 0 saturated carbocycles. The molecule has 3 aliphatic rings. The lowest BCUT2D eigenvalue weighted by atomic mass is 9.90. The summed E-state index contributed by atoms with van der Waals surface area (Å²) in [5.74, 6) is 0.393. The third-order valence-electron chi connectivity index (χ3n) is 9.99. The maximum atomic E-state index is 14.1. The van der Waals surface area contributed by atoms with Gasteiger partial charge in [-0.05, 0) is 64.4 Å². The molecule has 5 rings (SSSR count). The van der Waals surface area contributed by atoms with Gasteiger partial charge in [-0.3, -0.25) is 4.79 Å². The maximum absolute atomic E-state index is 14.1. The second-order valence-corrected chi connectivity index (χ2v) is 17.8. The summed E-state index contributed by atoms with van der Waals surface area (Å²) in [5.41, 5.74) is -6.50. The fourth-order valence-corrected chi connectivity index (χ4v) is 8.76. The molecule has 20 heteroatoms. The van der Waals surface area contributed by atoms with Gasteiger partial charge in [-0.25, -0.2) is 26.2 Å². The number of fused-ring (bicyclic) bond motifs is 2. The molecule has 0 unspecified atom stereocenters. The average molecular weight is 890 g/mol. The molecule has 2 heterocycles. The van der Waals surface area contributed by atoms with Crippen molar-refractivity contribution in [1.82, 2.24) is 13.2 Å². The van der Waals surface area contributed by atoms with Crippen LogP contribution in [0.3, 0.4) is 0 Å². The number of likely N-dealkylation sites (tertiary alicyclic amines) is 1. The molecular formula is C40H47F6N4O8S2+. The fraction of sp³-hybridized carbons (Fsp3) is 0.425. The van der Waals surface area contributed by atoms with Crippen LogP contribution in [0.5, 0.6) is 0 Å². The minimum atomic E-state index is -6.59. The van der Waals surface area contributed by atoms with E-state index in [-0.39, 0.29) is 25.0 Å². The molecule has 0 N–H and O–H groups in total. The molecule has 1 fully saturated rings. The van der Waals surface area contributed by atoms with Gasteiger partial charge in [0.15, 0.2) is 0 Å². The van der Waals surface area contributed by atoms with Crippen molar-refractivity contribution in [3.05, 3.63) is 83.7 Å². The Morgan fingerprint density at radius 3 is 1.93 bits per heavy atom. The van der Waals surface area contributed by atoms with Gasteiger partial charge in [-0.2, -0.15) is 26.3 Å². The van der Waals surface area contributed by atoms with Crippen molar-refractivity contribution in [2.75, 3.05) is 51.2 Å². The molecule has 328 valence electrons. The summed E-state index contributed by atoms with van der Waals surface area (Å²) in [4.78, 5) is 30.3. The Kier molecular flexibility index (Phi) is 14.9. The Morgan fingerprint density at radius 1 is 0.850 bits per heavy atom. The Labute approximate surface area is 344 Å². The Morgan fingerprint density at radius 2 is 1.42 bits per heavy atom. The van der Waals surface area contributed by atoms with Gasteiger partial charge < -0.3 is 19.0 Å². The number of hydrogen-bond acceptors (Lipinski definition) is 9. The number of amides is 1. The molecule has 60 heavy (non-hydrogen) atoms. The van der Waals surface area contributed by atoms with Crippen molar-refractivity contribution in [3.63, 3.8) is 0 Å². The number of benzene rings is 3. The number of rotatable bonds is 11. The highest BCUT2D eigenvalue weighted by Crippen LogP contribution is 2.42. The molecule has 2 aliphatic heterocycles. The van der Waals surface area contributed by atoms with Crippen LogP contribution in [0.25, 0.3) is 33.4 Å². The van der Waals surface area contributed by atoms with E-state index in [0.717, 1.165) is 70.6 Å². The van der Waals surface area contributed by atoms with Crippen LogP contribution in [0.4, 0.5) is 32.0 Å². The summed E-state index contributed by atoms with van der Waals surface area (Å²) in [6.07, 6.45) is 0.999. The topological polar surface area (TPSA) is 138 Å². The molecule has 0 aromatic heterocycles. The van der Waals surface area contributed by atoms with Crippen LogP contribution >= 0.6 is 0 Å². The van der Waals surface area contributed by atoms with E-state index in [1.54, 1.807) is 6.92 Å². The quantitative estimate of drug-likeness (QED) is 0.0504. The number of alkyl halides is 6. The average Bonchev–Trinajstić information content (AvgIpc) is 3.19. The van der Waals surface area contributed by atoms with Crippen molar-refractivity contribution in [1.29, 1.82) is 0 Å². The van der Waals surface area contributed by atoms with Crippen LogP contribution in [-0.2, 0) is 29.6 Å². The minimum absolute atomic E-state index is 0.0214. The molecule has 2 aromatic carbocycles. The van der Waals surface area contributed by atoms with Crippen LogP contribution in [-0.4, -0.2) is 101 Å². The molecular weight excluding hydrogens is 843 g/mol. The third-order valence-corrected chi connectivity index (χ3v) is 13.7. The van der Waals surface area contributed by atoms with Crippen molar-refractivity contribution in [2.24, 2.45) is 0 Å². The van der Waals surface area contributed by atoms with Gasteiger partial charge in [0.25, 0.3) is 5.91 Å². The molecule has 0 spiro atoms. The van der Waals surface area contributed by atoms with Crippen molar-refractivity contribution in [3.8, 4) is 22.5 Å². The predicted molar refractivity (Wildman–Crippen MR) is 216 cm³/mol. The molecule has 1 saturated heterocycles. The lowest BCUT2D eigenvalue weighted by molar-refractivity contribution is -0.146. The van der Waals surface area contributed by atoms with Crippen molar-refractivity contribution >= 4 is 48.6 Å². The second-order valence-electron chi connectivity index (χ2n) is 13.7. The first-order valence-corrected chi connectivity index (χ1v) is 21.8. The minimum Gasteiger partial charge on any atom is -0.459 e. The zero-order chi connectivity index (χ0) is 45.0. The van der Waals surface area contributed by atoms with Crippen LogP contribution in [0.15, 0.2) is 77.2 Å². The first kappa shape index (κ1) is 47.7. The molecule has 0 radical (unpaired) electrons. The highest BCUT2D eigenvalue weighted by atomic mass is 32.3. The molecule has 0 atom stereocenters. The largest absolute Gasteiger partial charge is 0.512 e. The van der Waals surface area contributed by atoms with Crippen molar-refractivity contribution < 1.29 is 61.9 Å². The van der Waals surface area contributed by atoms with Crippen LogP contribution in [0.2, 0.25) is 0 Å². The van der Waals surface area contributed by atoms with Gasteiger partial charge in [0.2, 0.25) is 5.36 Å². The summed E-state index contributed by atoms with van der Waals surface area (Å²) in [7, 11) is -13.5. The molecule has 1 aliphatic carbocycles. The number of carbonyl (C=O) groups is 2. The third kappa shape index (κ3) is 9.97. The highest BCUT2D eigenvalue weighted by Gasteiger charge is 2.60. The van der Waals surface area contributed by atoms with E-state index in [4.69, 9.17) is 9.15 Å². The molecule has 12 nitrogen and oxygen atoms in total. The molecule has 1 amide bonds. The number of esters is 1. The maximum Gasteiger partial charge on any atom is 0.512 e. The number of anilines is 1. The summed E-state index contributed by atoms with van der Waals surface area (Å²) >= 11 is 0. The second kappa shape index (κ2) is 18.8. The van der Waals surface area contributed by atoms with Gasteiger partial charge >= 0.3 is 37.0 Å². The predicted octanol–water partition coefficient (Wildman–Crippen LogP) is 7.20. The Bertz CT molecular complexity index is 2440. The van der Waals surface area contributed by atoms with Crippen LogP contribution < -0.4 is 14.8 Å². The standard InChI is InChI=1S/C37H44N3O4.C3H3F6NO4S2/c1-7-38(8-2)26-15-17-31-33(23-26)44-34-24-27(39(9-3)10-4)16-18-32(34)35(31)29-13-11-12-14-30(29)36(41)40-21-19-28(20-22-40)43-37(42)25(5)6;1-10(15(11,12)2(4,5)6)16(13,14)3(7,8)9/h11-18,23-24,28H,5,7-10,19-22H2,1-4,6H3;1H3/q+1;. The number of hydrogen-bond donors (Lipinski definition) is 0. The lowest BCUT2D eigenvalue weighted by Gasteiger charge is -2.32. The van der Waals surface area contributed by atoms with E-state index >= 15 is 0 Å². The number of piperidine rings is 1. The van der Waals surface area contributed by atoms with E-state index in [0.29, 0.717) is 37.1 Å². The van der Waals surface area contributed by atoms with E-state index in [1.807, 2.05) is 29.2 Å². The van der Waals surface area contributed by atoms with E-state index in [2.05, 4.69) is 80.1 Å². The summed E-state index contributed by atoms with van der Waals surface area (Å²) < 4.78 is 125. The molecule has 2 aromatic rings. The number of ether oxygens (including phenoxy) is 1. The molecule has 0 bridgehead atoms. The van der Waals surface area contributed by atoms with Gasteiger partial charge in [0, 0.05) is 91.5 Å². The summed E-state index contributed by atoms with van der Waals surface area (Å²) in [6.45, 7) is 18.6. The lowest BCUT2D eigenvalue weighted by Crippen LogP contribution is -2.46. The number of carbonyl (C=O) groups excluding carboxylic acids is 2.